The van der Waals surface area contributed by atoms with Crippen molar-refractivity contribution in [3.8, 4) is 5.75 Å². The second-order valence-corrected chi connectivity index (χ2v) is 6.67. The number of nitrogens with two attached hydrogens (primary N) is 1. The molecule has 0 spiro atoms. The Labute approximate surface area is 155 Å². The van der Waals surface area contributed by atoms with Gasteiger partial charge in [0.1, 0.15) is 5.75 Å². The molecular weight excluding hydrogens is 324 g/mol. The summed E-state index contributed by atoms with van der Waals surface area (Å²) in [5.74, 6) is 1.38. The molecule has 0 amide bonds. The van der Waals surface area contributed by atoms with Crippen LogP contribution in [0.4, 0.5) is 5.69 Å². The van der Waals surface area contributed by atoms with Gasteiger partial charge in [0.25, 0.3) is 0 Å². The first-order chi connectivity index (χ1) is 12.7. The summed E-state index contributed by atoms with van der Waals surface area (Å²) in [6, 6.07) is 17.2. The molecule has 0 fully saturated rings. The minimum absolute atomic E-state index is 0.513. The van der Waals surface area contributed by atoms with Gasteiger partial charge in [-0.25, -0.2) is 0 Å². The molecule has 0 saturated heterocycles. The second-order valence-electron chi connectivity index (χ2n) is 6.67. The van der Waals surface area contributed by atoms with Crippen molar-refractivity contribution >= 4 is 11.6 Å². The average molecular weight is 352 g/mol. The van der Waals surface area contributed by atoms with Crippen molar-refractivity contribution in [3.05, 3.63) is 59.7 Å². The lowest BCUT2D eigenvalue weighted by Crippen LogP contribution is -2.40. The highest BCUT2D eigenvalue weighted by atomic mass is 16.5. The molecule has 1 aliphatic heterocycles. The van der Waals surface area contributed by atoms with Crippen molar-refractivity contribution in [3.63, 3.8) is 0 Å². The van der Waals surface area contributed by atoms with Crippen LogP contribution >= 0.6 is 0 Å². The van der Waals surface area contributed by atoms with E-state index in [4.69, 9.17) is 10.5 Å². The standard InChI is InChI=1S/C21H28N4O/c1-16-15-18-5-3-4-6-20(18)25(16)14-13-24-21(22)23-12-11-17-7-9-19(26-2)10-8-17/h3-10,16H,11-15H2,1-2H3,(H3,22,23,24). The van der Waals surface area contributed by atoms with E-state index in [-0.39, 0.29) is 0 Å². The molecule has 1 heterocycles. The quantitative estimate of drug-likeness (QED) is 0.594. The van der Waals surface area contributed by atoms with E-state index in [1.165, 1.54) is 16.8 Å². The summed E-state index contributed by atoms with van der Waals surface area (Å²) in [5, 5.41) is 3.23. The van der Waals surface area contributed by atoms with Crippen LogP contribution in [0.3, 0.4) is 0 Å². The maximum atomic E-state index is 6.00. The Morgan fingerprint density at radius 1 is 1.23 bits per heavy atom. The number of hydrogen-bond donors (Lipinski definition) is 2. The van der Waals surface area contributed by atoms with Crippen LogP contribution in [0.5, 0.6) is 5.75 Å². The van der Waals surface area contributed by atoms with E-state index in [0.29, 0.717) is 18.5 Å². The smallest absolute Gasteiger partial charge is 0.188 e. The molecule has 1 aliphatic rings. The SMILES string of the molecule is COc1ccc(CCN=C(N)NCCN2c3ccccc3CC2C)cc1. The number of anilines is 1. The van der Waals surface area contributed by atoms with Gasteiger partial charge in [-0.2, -0.15) is 0 Å². The third kappa shape index (κ3) is 4.48. The number of nitrogens with one attached hydrogen (secondary N) is 1. The number of nitrogens with zero attached hydrogens (tertiary/aromatic N) is 2. The van der Waals surface area contributed by atoms with E-state index in [9.17, 15) is 0 Å². The van der Waals surface area contributed by atoms with Crippen molar-refractivity contribution in [2.24, 2.45) is 10.7 Å². The first kappa shape index (κ1) is 18.1. The summed E-state index contributed by atoms with van der Waals surface area (Å²) in [6.45, 7) is 4.66. The molecule has 0 radical (unpaired) electrons. The van der Waals surface area contributed by atoms with E-state index < -0.39 is 0 Å². The Morgan fingerprint density at radius 2 is 2.00 bits per heavy atom. The lowest BCUT2D eigenvalue weighted by molar-refractivity contribution is 0.414. The molecule has 3 N–H and O–H groups in total. The Kier molecular flexibility index (Phi) is 6.00. The van der Waals surface area contributed by atoms with Gasteiger partial charge >= 0.3 is 0 Å². The number of rotatable bonds is 7. The molecule has 2 aromatic carbocycles. The molecule has 0 saturated carbocycles. The minimum Gasteiger partial charge on any atom is -0.497 e. The zero-order valence-corrected chi connectivity index (χ0v) is 15.6. The molecule has 0 aliphatic carbocycles. The zero-order chi connectivity index (χ0) is 18.4. The monoisotopic (exact) mass is 352 g/mol. The highest BCUT2D eigenvalue weighted by Crippen LogP contribution is 2.31. The summed E-state index contributed by atoms with van der Waals surface area (Å²) in [7, 11) is 1.67. The third-order valence-electron chi connectivity index (χ3n) is 4.85. The largest absolute Gasteiger partial charge is 0.497 e. The molecule has 1 unspecified atom stereocenters. The highest BCUT2D eigenvalue weighted by Gasteiger charge is 2.24. The van der Waals surface area contributed by atoms with Crippen LogP contribution in [0.25, 0.3) is 0 Å². The van der Waals surface area contributed by atoms with Gasteiger partial charge in [0.05, 0.1) is 7.11 Å². The summed E-state index contributed by atoms with van der Waals surface area (Å²) >= 11 is 0. The molecule has 1 atom stereocenters. The molecule has 26 heavy (non-hydrogen) atoms. The van der Waals surface area contributed by atoms with Crippen molar-refractivity contribution in [2.75, 3.05) is 31.6 Å². The fourth-order valence-electron chi connectivity index (χ4n) is 3.43. The van der Waals surface area contributed by atoms with Gasteiger partial charge in [-0.15, -0.1) is 0 Å². The lowest BCUT2D eigenvalue weighted by atomic mass is 10.1. The molecule has 0 bridgehead atoms. The minimum atomic E-state index is 0.513. The van der Waals surface area contributed by atoms with Gasteiger partial charge in [-0.3, -0.25) is 4.99 Å². The fraction of sp³-hybridized carbons (Fsp3) is 0.381. The van der Waals surface area contributed by atoms with Crippen LogP contribution < -0.4 is 20.7 Å². The third-order valence-corrected chi connectivity index (χ3v) is 4.85. The number of para-hydroxylation sites is 1. The number of aliphatic imine (C=N–C) groups is 1. The van der Waals surface area contributed by atoms with Gasteiger partial charge < -0.3 is 20.7 Å². The predicted molar refractivity (Wildman–Crippen MR) is 108 cm³/mol. The molecule has 5 heteroatoms. The Balaban J connectivity index is 1.42. The van der Waals surface area contributed by atoms with Crippen molar-refractivity contribution in [2.45, 2.75) is 25.8 Å². The molecule has 0 aromatic heterocycles. The van der Waals surface area contributed by atoms with Crippen molar-refractivity contribution in [1.29, 1.82) is 0 Å². The second kappa shape index (κ2) is 8.61. The van der Waals surface area contributed by atoms with E-state index in [1.54, 1.807) is 7.11 Å². The van der Waals surface area contributed by atoms with E-state index >= 15 is 0 Å². The highest BCUT2D eigenvalue weighted by molar-refractivity contribution is 5.77. The summed E-state index contributed by atoms with van der Waals surface area (Å²) in [6.07, 6.45) is 1.98. The van der Waals surface area contributed by atoms with Gasteiger partial charge in [-0.1, -0.05) is 30.3 Å². The van der Waals surface area contributed by atoms with E-state index in [2.05, 4.69) is 58.5 Å². The van der Waals surface area contributed by atoms with Crippen LogP contribution in [0, 0.1) is 0 Å². The first-order valence-electron chi connectivity index (χ1n) is 9.18. The fourth-order valence-corrected chi connectivity index (χ4v) is 3.43. The Bertz CT molecular complexity index is 742. The van der Waals surface area contributed by atoms with Crippen molar-refractivity contribution in [1.82, 2.24) is 5.32 Å². The van der Waals surface area contributed by atoms with E-state index in [1.807, 2.05) is 12.1 Å². The molecule has 3 rings (SSSR count). The van der Waals surface area contributed by atoms with Gasteiger partial charge in [0.15, 0.2) is 5.96 Å². The van der Waals surface area contributed by atoms with E-state index in [0.717, 1.165) is 31.7 Å². The number of methoxy groups -OCH3 is 1. The summed E-state index contributed by atoms with van der Waals surface area (Å²) in [4.78, 5) is 6.86. The number of benzene rings is 2. The predicted octanol–water partition coefficient (Wildman–Crippen LogP) is 2.59. The van der Waals surface area contributed by atoms with Crippen LogP contribution in [-0.2, 0) is 12.8 Å². The van der Waals surface area contributed by atoms with Crippen LogP contribution in [-0.4, -0.2) is 38.7 Å². The van der Waals surface area contributed by atoms with Crippen molar-refractivity contribution < 1.29 is 4.74 Å². The van der Waals surface area contributed by atoms with Crippen LogP contribution in [0.2, 0.25) is 0 Å². The number of ether oxygens (including phenoxy) is 1. The zero-order valence-electron chi connectivity index (χ0n) is 15.6. The Hall–Kier alpha value is -2.69. The number of hydrogen-bond acceptors (Lipinski definition) is 3. The maximum absolute atomic E-state index is 6.00. The number of fused-ring (bicyclic) bond motifs is 1. The number of guanidine groups is 1. The average Bonchev–Trinajstić information content (AvgIpc) is 2.98. The normalized spacial score (nSPS) is 16.5. The molecule has 5 nitrogen and oxygen atoms in total. The molecular formula is C21H28N4O. The first-order valence-corrected chi connectivity index (χ1v) is 9.18. The van der Waals surface area contributed by atoms with Gasteiger partial charge in [0, 0.05) is 31.4 Å². The molecule has 2 aromatic rings. The molecule has 138 valence electrons. The van der Waals surface area contributed by atoms with Crippen LogP contribution in [0.1, 0.15) is 18.1 Å². The lowest BCUT2D eigenvalue weighted by Gasteiger charge is -2.25. The van der Waals surface area contributed by atoms with Gasteiger partial charge in [-0.05, 0) is 49.1 Å². The van der Waals surface area contributed by atoms with Gasteiger partial charge in [0.2, 0.25) is 0 Å². The summed E-state index contributed by atoms with van der Waals surface area (Å²) < 4.78 is 5.17. The topological polar surface area (TPSA) is 62.9 Å². The van der Waals surface area contributed by atoms with Crippen LogP contribution in [0.15, 0.2) is 53.5 Å². The summed E-state index contributed by atoms with van der Waals surface area (Å²) in [5.41, 5.74) is 10.0. The maximum Gasteiger partial charge on any atom is 0.188 e. The Morgan fingerprint density at radius 3 is 2.77 bits per heavy atom.